The SMILES string of the molecule is CCCN(CC)CCn1c(CCl)nc2c(C)nn(C)c21. The van der Waals surface area contributed by atoms with Gasteiger partial charge in [-0.1, -0.05) is 13.8 Å². The maximum absolute atomic E-state index is 6.05. The normalized spacial score (nSPS) is 11.9. The molecule has 0 saturated carbocycles. The highest BCUT2D eigenvalue weighted by molar-refractivity contribution is 6.16. The largest absolute Gasteiger partial charge is 0.311 e. The molecule has 0 aliphatic rings. The van der Waals surface area contributed by atoms with Crippen molar-refractivity contribution >= 4 is 22.8 Å². The van der Waals surface area contributed by atoms with Crippen molar-refractivity contribution in [2.24, 2.45) is 7.05 Å². The van der Waals surface area contributed by atoms with E-state index in [-0.39, 0.29) is 0 Å². The summed E-state index contributed by atoms with van der Waals surface area (Å²) in [7, 11) is 1.97. The average Bonchev–Trinajstić information content (AvgIpc) is 2.93. The number of aromatic nitrogens is 4. The number of imidazole rings is 1. The molecule has 112 valence electrons. The monoisotopic (exact) mass is 297 g/mol. The van der Waals surface area contributed by atoms with Gasteiger partial charge < -0.3 is 9.47 Å². The van der Waals surface area contributed by atoms with Gasteiger partial charge in [-0.2, -0.15) is 5.10 Å². The van der Waals surface area contributed by atoms with E-state index in [1.54, 1.807) is 0 Å². The summed E-state index contributed by atoms with van der Waals surface area (Å²) >= 11 is 6.05. The van der Waals surface area contributed by atoms with E-state index in [0.717, 1.165) is 48.9 Å². The lowest BCUT2D eigenvalue weighted by Gasteiger charge is -2.20. The second-order valence-corrected chi connectivity index (χ2v) is 5.40. The van der Waals surface area contributed by atoms with E-state index in [2.05, 4.69) is 33.4 Å². The number of aryl methyl sites for hydroxylation is 2. The topological polar surface area (TPSA) is 38.9 Å². The minimum Gasteiger partial charge on any atom is -0.311 e. The van der Waals surface area contributed by atoms with Crippen molar-refractivity contribution < 1.29 is 0 Å². The molecule has 2 aromatic rings. The van der Waals surface area contributed by atoms with E-state index in [9.17, 15) is 0 Å². The Morgan fingerprint density at radius 2 is 2.00 bits per heavy atom. The highest BCUT2D eigenvalue weighted by Crippen LogP contribution is 2.20. The van der Waals surface area contributed by atoms with Crippen LogP contribution in [0.2, 0.25) is 0 Å². The van der Waals surface area contributed by atoms with Crippen molar-refractivity contribution in [3.05, 3.63) is 11.5 Å². The maximum atomic E-state index is 6.05. The van der Waals surface area contributed by atoms with Gasteiger partial charge in [-0.25, -0.2) is 4.98 Å². The molecule has 0 fully saturated rings. The number of alkyl halides is 1. The van der Waals surface area contributed by atoms with Crippen LogP contribution < -0.4 is 0 Å². The fourth-order valence-electron chi connectivity index (χ4n) is 2.70. The molecule has 0 atom stereocenters. The third kappa shape index (κ3) is 2.83. The minimum absolute atomic E-state index is 0.439. The summed E-state index contributed by atoms with van der Waals surface area (Å²) in [5.41, 5.74) is 3.01. The molecule has 0 aliphatic heterocycles. The van der Waals surface area contributed by atoms with E-state index in [0.29, 0.717) is 5.88 Å². The number of rotatable bonds is 7. The molecule has 0 N–H and O–H groups in total. The number of hydrogen-bond donors (Lipinski definition) is 0. The summed E-state index contributed by atoms with van der Waals surface area (Å²) < 4.78 is 4.12. The molecule has 20 heavy (non-hydrogen) atoms. The lowest BCUT2D eigenvalue weighted by Crippen LogP contribution is -2.28. The Morgan fingerprint density at radius 3 is 2.60 bits per heavy atom. The number of nitrogens with zero attached hydrogens (tertiary/aromatic N) is 5. The molecule has 0 unspecified atom stereocenters. The van der Waals surface area contributed by atoms with Crippen LogP contribution in [0, 0.1) is 6.92 Å². The quantitative estimate of drug-likeness (QED) is 0.737. The zero-order valence-corrected chi connectivity index (χ0v) is 13.6. The predicted octanol–water partition coefficient (Wildman–Crippen LogP) is 2.55. The maximum Gasteiger partial charge on any atom is 0.158 e. The summed E-state index contributed by atoms with van der Waals surface area (Å²) in [4.78, 5) is 7.08. The van der Waals surface area contributed by atoms with Gasteiger partial charge in [0.15, 0.2) is 5.65 Å². The second kappa shape index (κ2) is 6.59. The summed E-state index contributed by atoms with van der Waals surface area (Å²) in [6.07, 6.45) is 1.18. The molecule has 0 saturated heterocycles. The van der Waals surface area contributed by atoms with E-state index in [4.69, 9.17) is 11.6 Å². The Balaban J connectivity index is 2.27. The number of halogens is 1. The van der Waals surface area contributed by atoms with Crippen LogP contribution in [0.25, 0.3) is 11.2 Å². The third-order valence-electron chi connectivity index (χ3n) is 3.72. The van der Waals surface area contributed by atoms with Crippen LogP contribution in [0.1, 0.15) is 31.8 Å². The fourth-order valence-corrected chi connectivity index (χ4v) is 2.91. The van der Waals surface area contributed by atoms with Gasteiger partial charge in [0.25, 0.3) is 0 Å². The zero-order chi connectivity index (χ0) is 14.7. The van der Waals surface area contributed by atoms with Gasteiger partial charge in [-0.3, -0.25) is 4.68 Å². The summed E-state index contributed by atoms with van der Waals surface area (Å²) in [6.45, 7) is 10.5. The Hall–Kier alpha value is -1.07. The molecule has 0 amide bonds. The van der Waals surface area contributed by atoms with Gasteiger partial charge in [0, 0.05) is 20.1 Å². The molecule has 0 aromatic carbocycles. The van der Waals surface area contributed by atoms with Gasteiger partial charge in [0.05, 0.1) is 11.6 Å². The Kier molecular flexibility index (Phi) is 5.05. The first-order chi connectivity index (χ1) is 9.62. The molecule has 0 radical (unpaired) electrons. The van der Waals surface area contributed by atoms with E-state index in [1.165, 1.54) is 6.42 Å². The highest BCUT2D eigenvalue weighted by Gasteiger charge is 2.17. The lowest BCUT2D eigenvalue weighted by atomic mass is 10.4. The molecule has 0 aliphatic carbocycles. The van der Waals surface area contributed by atoms with Gasteiger partial charge >= 0.3 is 0 Å². The van der Waals surface area contributed by atoms with E-state index in [1.807, 2.05) is 18.7 Å². The molecule has 6 heteroatoms. The molecular weight excluding hydrogens is 274 g/mol. The lowest BCUT2D eigenvalue weighted by molar-refractivity contribution is 0.276. The van der Waals surface area contributed by atoms with Crippen molar-refractivity contribution in [3.8, 4) is 0 Å². The van der Waals surface area contributed by atoms with Crippen LogP contribution in [0.4, 0.5) is 0 Å². The average molecular weight is 298 g/mol. The van der Waals surface area contributed by atoms with Crippen molar-refractivity contribution in [2.45, 2.75) is 39.6 Å². The van der Waals surface area contributed by atoms with Gasteiger partial charge in [0.1, 0.15) is 11.3 Å². The number of likely N-dealkylation sites (N-methyl/N-ethyl adjacent to an activating group) is 1. The van der Waals surface area contributed by atoms with Gasteiger partial charge in [-0.15, -0.1) is 11.6 Å². The molecule has 2 rings (SSSR count). The first-order valence-electron chi connectivity index (χ1n) is 7.29. The minimum atomic E-state index is 0.439. The number of fused-ring (bicyclic) bond motifs is 1. The van der Waals surface area contributed by atoms with Crippen LogP contribution in [-0.4, -0.2) is 43.9 Å². The smallest absolute Gasteiger partial charge is 0.158 e. The standard InChI is InChI=1S/C14H24ClN5/c1-5-7-19(6-2)8-9-20-12(10-15)16-13-11(3)17-18(4)14(13)20/h5-10H2,1-4H3. The summed E-state index contributed by atoms with van der Waals surface area (Å²) in [6, 6.07) is 0. The van der Waals surface area contributed by atoms with Crippen LogP contribution in [0.15, 0.2) is 0 Å². The first kappa shape index (κ1) is 15.3. The summed E-state index contributed by atoms with van der Waals surface area (Å²) in [5, 5.41) is 4.45. The Labute approximate surface area is 125 Å². The molecule has 0 bridgehead atoms. The zero-order valence-electron chi connectivity index (χ0n) is 12.9. The number of hydrogen-bond acceptors (Lipinski definition) is 3. The van der Waals surface area contributed by atoms with Crippen molar-refractivity contribution in [2.75, 3.05) is 19.6 Å². The first-order valence-corrected chi connectivity index (χ1v) is 7.82. The third-order valence-corrected chi connectivity index (χ3v) is 3.95. The molecule has 5 nitrogen and oxygen atoms in total. The molecule has 2 heterocycles. The van der Waals surface area contributed by atoms with Crippen molar-refractivity contribution in [3.63, 3.8) is 0 Å². The van der Waals surface area contributed by atoms with E-state index < -0.39 is 0 Å². The fraction of sp³-hybridized carbons (Fsp3) is 0.714. The van der Waals surface area contributed by atoms with Gasteiger partial charge in [-0.05, 0) is 26.4 Å². The van der Waals surface area contributed by atoms with Crippen LogP contribution >= 0.6 is 11.6 Å². The van der Waals surface area contributed by atoms with Crippen molar-refractivity contribution in [1.29, 1.82) is 0 Å². The van der Waals surface area contributed by atoms with E-state index >= 15 is 0 Å². The van der Waals surface area contributed by atoms with Crippen LogP contribution in [-0.2, 0) is 19.5 Å². The Morgan fingerprint density at radius 1 is 1.25 bits per heavy atom. The molecule has 0 spiro atoms. The van der Waals surface area contributed by atoms with Crippen molar-refractivity contribution in [1.82, 2.24) is 24.2 Å². The summed E-state index contributed by atoms with van der Waals surface area (Å²) in [5.74, 6) is 1.37. The second-order valence-electron chi connectivity index (χ2n) is 5.13. The molecular formula is C14H24ClN5. The van der Waals surface area contributed by atoms with Crippen LogP contribution in [0.3, 0.4) is 0 Å². The highest BCUT2D eigenvalue weighted by atomic mass is 35.5. The molecule has 2 aromatic heterocycles. The van der Waals surface area contributed by atoms with Gasteiger partial charge in [0.2, 0.25) is 0 Å². The predicted molar refractivity (Wildman–Crippen MR) is 83.2 cm³/mol. The van der Waals surface area contributed by atoms with Crippen LogP contribution in [0.5, 0.6) is 0 Å². The Bertz CT molecular complexity index is 572.